The van der Waals surface area contributed by atoms with E-state index in [1.807, 2.05) is 19.1 Å². The van der Waals surface area contributed by atoms with Crippen LogP contribution < -0.4 is 5.32 Å². The predicted molar refractivity (Wildman–Crippen MR) is 93.6 cm³/mol. The van der Waals surface area contributed by atoms with Crippen molar-refractivity contribution in [1.82, 2.24) is 10.3 Å². The number of benzene rings is 1. The summed E-state index contributed by atoms with van der Waals surface area (Å²) in [5.74, 6) is -0.711. The summed E-state index contributed by atoms with van der Waals surface area (Å²) in [4.78, 5) is 27.5. The minimum Gasteiger partial charge on any atom is -0.465 e. The average molecular weight is 349 g/mol. The number of nitrogens with one attached hydrogen (secondary N) is 2. The molecular formula is C18H21ClN2O3. The van der Waals surface area contributed by atoms with Crippen LogP contribution in [0.2, 0.25) is 5.02 Å². The lowest BCUT2D eigenvalue weighted by molar-refractivity contribution is 0.0599. The van der Waals surface area contributed by atoms with Gasteiger partial charge < -0.3 is 15.0 Å². The molecule has 2 N–H and O–H groups in total. The van der Waals surface area contributed by atoms with Crippen molar-refractivity contribution in [1.29, 1.82) is 0 Å². The Kier molecular flexibility index (Phi) is 5.67. The molecule has 1 heterocycles. The summed E-state index contributed by atoms with van der Waals surface area (Å²) in [5.41, 5.74) is 2.96. The number of rotatable bonds is 5. The van der Waals surface area contributed by atoms with Gasteiger partial charge in [0.05, 0.1) is 18.7 Å². The molecular weight excluding hydrogens is 328 g/mol. The van der Waals surface area contributed by atoms with Crippen molar-refractivity contribution in [2.45, 2.75) is 33.2 Å². The minimum atomic E-state index is -0.454. The van der Waals surface area contributed by atoms with Gasteiger partial charge in [0.25, 0.3) is 5.91 Å². The Morgan fingerprint density at radius 2 is 1.88 bits per heavy atom. The third-order valence-corrected chi connectivity index (χ3v) is 4.29. The van der Waals surface area contributed by atoms with E-state index in [1.165, 1.54) is 7.11 Å². The molecule has 1 aromatic carbocycles. The van der Waals surface area contributed by atoms with Crippen LogP contribution in [0.15, 0.2) is 24.3 Å². The van der Waals surface area contributed by atoms with Crippen LogP contribution in [0.3, 0.4) is 0 Å². The zero-order valence-corrected chi connectivity index (χ0v) is 15.0. The van der Waals surface area contributed by atoms with Crippen molar-refractivity contribution in [2.24, 2.45) is 0 Å². The molecule has 2 rings (SSSR count). The average Bonchev–Trinajstić information content (AvgIpc) is 2.87. The Balaban J connectivity index is 2.25. The summed E-state index contributed by atoms with van der Waals surface area (Å²) in [5, 5.41) is 3.64. The molecule has 0 bridgehead atoms. The Hall–Kier alpha value is -2.27. The summed E-state index contributed by atoms with van der Waals surface area (Å²) in [6.07, 6.45) is 0.732. The molecule has 0 aliphatic rings. The topological polar surface area (TPSA) is 71.2 Å². The second-order valence-corrected chi connectivity index (χ2v) is 6.04. The number of methoxy groups -OCH3 is 1. The first-order chi connectivity index (χ1) is 11.4. The molecule has 1 aromatic heterocycles. The van der Waals surface area contributed by atoms with E-state index in [0.717, 1.165) is 12.0 Å². The molecule has 1 unspecified atom stereocenters. The molecule has 0 aliphatic heterocycles. The molecule has 0 saturated heterocycles. The SMILES string of the molecule is CCC(NC(=O)c1[nH]c(C)c(C(=O)OC)c1C)c1ccc(Cl)cc1. The molecule has 0 aliphatic carbocycles. The summed E-state index contributed by atoms with van der Waals surface area (Å²) in [6.45, 7) is 5.46. The number of halogens is 1. The maximum absolute atomic E-state index is 12.6. The minimum absolute atomic E-state index is 0.139. The molecule has 24 heavy (non-hydrogen) atoms. The number of hydrogen-bond acceptors (Lipinski definition) is 3. The van der Waals surface area contributed by atoms with Crippen molar-refractivity contribution in [3.63, 3.8) is 0 Å². The molecule has 0 spiro atoms. The third-order valence-electron chi connectivity index (χ3n) is 4.04. The number of H-pyrrole nitrogens is 1. The van der Waals surface area contributed by atoms with Crippen LogP contribution in [-0.2, 0) is 4.74 Å². The van der Waals surface area contributed by atoms with E-state index in [-0.39, 0.29) is 11.9 Å². The van der Waals surface area contributed by atoms with Gasteiger partial charge in [-0.05, 0) is 43.5 Å². The van der Waals surface area contributed by atoms with Gasteiger partial charge in [-0.15, -0.1) is 0 Å². The molecule has 128 valence electrons. The maximum atomic E-state index is 12.6. The first-order valence-corrected chi connectivity index (χ1v) is 8.10. The maximum Gasteiger partial charge on any atom is 0.339 e. The fraction of sp³-hybridized carbons (Fsp3) is 0.333. The van der Waals surface area contributed by atoms with E-state index in [4.69, 9.17) is 16.3 Å². The lowest BCUT2D eigenvalue weighted by Crippen LogP contribution is -2.29. The van der Waals surface area contributed by atoms with Crippen LogP contribution in [0, 0.1) is 13.8 Å². The van der Waals surface area contributed by atoms with Crippen LogP contribution in [0.1, 0.15) is 57.1 Å². The van der Waals surface area contributed by atoms with Crippen LogP contribution in [0.5, 0.6) is 0 Å². The smallest absolute Gasteiger partial charge is 0.339 e. The van der Waals surface area contributed by atoms with Gasteiger partial charge in [0.15, 0.2) is 0 Å². The van der Waals surface area contributed by atoms with E-state index in [0.29, 0.717) is 27.5 Å². The first-order valence-electron chi connectivity index (χ1n) is 7.72. The quantitative estimate of drug-likeness (QED) is 0.803. The number of carbonyl (C=O) groups excluding carboxylic acids is 2. The lowest BCUT2D eigenvalue weighted by atomic mass is 10.0. The lowest BCUT2D eigenvalue weighted by Gasteiger charge is -2.17. The number of carbonyl (C=O) groups is 2. The number of amides is 1. The molecule has 2 aromatic rings. The van der Waals surface area contributed by atoms with Crippen molar-refractivity contribution in [3.8, 4) is 0 Å². The van der Waals surface area contributed by atoms with Crippen LogP contribution in [0.25, 0.3) is 0 Å². The van der Waals surface area contributed by atoms with Gasteiger partial charge in [0, 0.05) is 10.7 Å². The zero-order chi connectivity index (χ0) is 17.9. The highest BCUT2D eigenvalue weighted by atomic mass is 35.5. The molecule has 6 heteroatoms. The normalized spacial score (nSPS) is 11.9. The van der Waals surface area contributed by atoms with Gasteiger partial charge in [0.1, 0.15) is 5.69 Å². The summed E-state index contributed by atoms with van der Waals surface area (Å²) >= 11 is 5.91. The van der Waals surface area contributed by atoms with E-state index in [9.17, 15) is 9.59 Å². The van der Waals surface area contributed by atoms with Gasteiger partial charge in [-0.1, -0.05) is 30.7 Å². The second-order valence-electron chi connectivity index (χ2n) is 5.60. The van der Waals surface area contributed by atoms with Crippen LogP contribution >= 0.6 is 11.6 Å². The molecule has 0 fully saturated rings. The van der Waals surface area contributed by atoms with Crippen molar-refractivity contribution >= 4 is 23.5 Å². The van der Waals surface area contributed by atoms with E-state index < -0.39 is 5.97 Å². The van der Waals surface area contributed by atoms with Crippen molar-refractivity contribution in [2.75, 3.05) is 7.11 Å². The van der Waals surface area contributed by atoms with Crippen molar-refractivity contribution in [3.05, 3.63) is 57.4 Å². The second kappa shape index (κ2) is 7.53. The number of hydrogen-bond donors (Lipinski definition) is 2. The molecule has 1 atom stereocenters. The number of esters is 1. The standard InChI is InChI=1S/C18H21ClN2O3/c1-5-14(12-6-8-13(19)9-7-12)21-17(22)16-10(2)15(11(3)20-16)18(23)24-4/h6-9,14,20H,5H2,1-4H3,(H,21,22). The van der Waals surface area contributed by atoms with Gasteiger partial charge in [-0.3, -0.25) is 4.79 Å². The molecule has 5 nitrogen and oxygen atoms in total. The number of aryl methyl sites for hydroxylation is 1. The van der Waals surface area contributed by atoms with E-state index in [2.05, 4.69) is 10.3 Å². The van der Waals surface area contributed by atoms with Gasteiger partial charge in [0.2, 0.25) is 0 Å². The zero-order valence-electron chi connectivity index (χ0n) is 14.2. The van der Waals surface area contributed by atoms with Gasteiger partial charge in [-0.25, -0.2) is 4.79 Å². The number of aromatic nitrogens is 1. The Morgan fingerprint density at radius 3 is 2.42 bits per heavy atom. The highest BCUT2D eigenvalue weighted by molar-refractivity contribution is 6.30. The summed E-state index contributed by atoms with van der Waals surface area (Å²) in [7, 11) is 1.32. The van der Waals surface area contributed by atoms with Gasteiger partial charge >= 0.3 is 5.97 Å². The monoisotopic (exact) mass is 348 g/mol. The predicted octanol–water partition coefficient (Wildman–Crippen LogP) is 3.95. The Bertz CT molecular complexity index is 750. The molecule has 1 amide bonds. The van der Waals surface area contributed by atoms with E-state index >= 15 is 0 Å². The fourth-order valence-electron chi connectivity index (χ4n) is 2.73. The number of aromatic amines is 1. The van der Waals surface area contributed by atoms with Crippen LogP contribution in [-0.4, -0.2) is 24.0 Å². The Morgan fingerprint density at radius 1 is 1.25 bits per heavy atom. The van der Waals surface area contributed by atoms with Crippen LogP contribution in [0.4, 0.5) is 0 Å². The van der Waals surface area contributed by atoms with Gasteiger partial charge in [-0.2, -0.15) is 0 Å². The highest BCUT2D eigenvalue weighted by Gasteiger charge is 2.24. The largest absolute Gasteiger partial charge is 0.465 e. The third kappa shape index (κ3) is 3.62. The summed E-state index contributed by atoms with van der Waals surface area (Å²) < 4.78 is 4.77. The molecule has 0 radical (unpaired) electrons. The molecule has 0 saturated carbocycles. The highest BCUT2D eigenvalue weighted by Crippen LogP contribution is 2.22. The number of ether oxygens (including phenoxy) is 1. The van der Waals surface area contributed by atoms with Crippen molar-refractivity contribution < 1.29 is 14.3 Å². The Labute approximate surface area is 146 Å². The summed E-state index contributed by atoms with van der Waals surface area (Å²) in [6, 6.07) is 7.24. The van der Waals surface area contributed by atoms with E-state index in [1.54, 1.807) is 26.0 Å². The fourth-order valence-corrected chi connectivity index (χ4v) is 2.86. The first kappa shape index (κ1) is 18.1.